The Morgan fingerprint density at radius 3 is 2.29 bits per heavy atom. The van der Waals surface area contributed by atoms with E-state index in [-0.39, 0.29) is 5.97 Å². The minimum absolute atomic E-state index is 0.328. The lowest BCUT2D eigenvalue weighted by molar-refractivity contribution is 0.0738. The molecule has 0 fully saturated rings. The summed E-state index contributed by atoms with van der Waals surface area (Å²) < 4.78 is 5.62. The topological polar surface area (TPSA) is 29.5 Å². The molecule has 3 nitrogen and oxygen atoms in total. The maximum atomic E-state index is 12.5. The number of carbonyl (C=O) groups excluding carboxylic acids is 1. The summed E-state index contributed by atoms with van der Waals surface area (Å²) in [7, 11) is 0. The molecular formula is C21H17NO2. The third-order valence-corrected chi connectivity index (χ3v) is 4.27. The third kappa shape index (κ3) is 2.26. The largest absolute Gasteiger partial charge is 0.421 e. The van der Waals surface area contributed by atoms with Gasteiger partial charge in [-0.15, -0.1) is 0 Å². The summed E-state index contributed by atoms with van der Waals surface area (Å²) in [5.74, 6) is 0.240. The molecule has 1 aliphatic heterocycles. The molecule has 0 radical (unpaired) electrons. The quantitative estimate of drug-likeness (QED) is 0.450. The molecular weight excluding hydrogens is 298 g/mol. The molecule has 0 saturated heterocycles. The van der Waals surface area contributed by atoms with E-state index in [0.29, 0.717) is 11.3 Å². The Balaban J connectivity index is 2.04. The lowest BCUT2D eigenvalue weighted by Gasteiger charge is -2.27. The first-order valence-corrected chi connectivity index (χ1v) is 7.93. The van der Waals surface area contributed by atoms with Gasteiger partial charge in [0.25, 0.3) is 0 Å². The monoisotopic (exact) mass is 315 g/mol. The molecule has 0 bridgehead atoms. The molecule has 0 aliphatic carbocycles. The van der Waals surface area contributed by atoms with Crippen molar-refractivity contribution in [2.24, 2.45) is 0 Å². The summed E-state index contributed by atoms with van der Waals surface area (Å²) in [6.45, 7) is 4.16. The van der Waals surface area contributed by atoms with Crippen molar-refractivity contribution in [2.75, 3.05) is 4.90 Å². The van der Waals surface area contributed by atoms with Crippen molar-refractivity contribution in [1.82, 2.24) is 0 Å². The number of anilines is 3. The van der Waals surface area contributed by atoms with Gasteiger partial charge in [0.2, 0.25) is 0 Å². The molecule has 0 spiro atoms. The number of rotatable bonds is 1. The number of para-hydroxylation sites is 3. The van der Waals surface area contributed by atoms with Crippen LogP contribution in [0.3, 0.4) is 0 Å². The molecule has 24 heavy (non-hydrogen) atoms. The number of benzene rings is 3. The number of nitrogens with zero attached hydrogens (tertiary/aromatic N) is 1. The van der Waals surface area contributed by atoms with Gasteiger partial charge in [-0.1, -0.05) is 42.0 Å². The first kappa shape index (κ1) is 14.5. The van der Waals surface area contributed by atoms with Crippen LogP contribution in [0.2, 0.25) is 0 Å². The first-order chi connectivity index (χ1) is 11.6. The fraction of sp³-hybridized carbons (Fsp3) is 0.0952. The fourth-order valence-electron chi connectivity index (χ4n) is 3.17. The lowest BCUT2D eigenvalue weighted by atomic mass is 10.1. The Morgan fingerprint density at radius 2 is 1.50 bits per heavy atom. The van der Waals surface area contributed by atoms with Crippen LogP contribution in [0.25, 0.3) is 0 Å². The van der Waals surface area contributed by atoms with Crippen LogP contribution in [0.1, 0.15) is 21.5 Å². The minimum Gasteiger partial charge on any atom is -0.421 e. The Morgan fingerprint density at radius 1 is 0.792 bits per heavy atom. The summed E-state index contributed by atoms with van der Waals surface area (Å²) in [5.41, 5.74) is 5.66. The number of esters is 1. The van der Waals surface area contributed by atoms with Gasteiger partial charge in [-0.05, 0) is 49.7 Å². The van der Waals surface area contributed by atoms with Crippen LogP contribution in [0.5, 0.6) is 5.75 Å². The van der Waals surface area contributed by atoms with Crippen LogP contribution >= 0.6 is 0 Å². The standard InChI is InChI=1S/C21H17NO2/c1-14-11-12-17(15(2)13-14)22-18-8-4-3-7-16(18)21(23)24-20-10-6-5-9-19(20)22/h3-13H,1-2H3. The van der Waals surface area contributed by atoms with Gasteiger partial charge in [0, 0.05) is 5.69 Å². The highest BCUT2D eigenvalue weighted by atomic mass is 16.5. The highest BCUT2D eigenvalue weighted by Gasteiger charge is 2.28. The van der Waals surface area contributed by atoms with Crippen molar-refractivity contribution in [3.8, 4) is 5.75 Å². The molecule has 0 unspecified atom stereocenters. The van der Waals surface area contributed by atoms with E-state index in [2.05, 4.69) is 36.9 Å². The molecule has 0 saturated carbocycles. The van der Waals surface area contributed by atoms with E-state index in [0.717, 1.165) is 22.6 Å². The van der Waals surface area contributed by atoms with Gasteiger partial charge in [-0.3, -0.25) is 0 Å². The van der Waals surface area contributed by atoms with Crippen molar-refractivity contribution in [3.63, 3.8) is 0 Å². The highest BCUT2D eigenvalue weighted by Crippen LogP contribution is 2.45. The second-order valence-corrected chi connectivity index (χ2v) is 6.00. The van der Waals surface area contributed by atoms with Gasteiger partial charge >= 0.3 is 5.97 Å². The van der Waals surface area contributed by atoms with E-state index in [1.807, 2.05) is 42.5 Å². The van der Waals surface area contributed by atoms with Gasteiger partial charge in [-0.25, -0.2) is 4.79 Å². The van der Waals surface area contributed by atoms with Crippen LogP contribution in [-0.4, -0.2) is 5.97 Å². The SMILES string of the molecule is Cc1ccc(N2c3ccccc3OC(=O)c3ccccc32)c(C)c1. The summed E-state index contributed by atoms with van der Waals surface area (Å²) in [6, 6.07) is 21.5. The van der Waals surface area contributed by atoms with Crippen molar-refractivity contribution in [3.05, 3.63) is 83.4 Å². The van der Waals surface area contributed by atoms with Gasteiger partial charge in [0.1, 0.15) is 0 Å². The molecule has 3 heteroatoms. The summed E-state index contributed by atoms with van der Waals surface area (Å²) in [5, 5.41) is 0. The average molecular weight is 315 g/mol. The van der Waals surface area contributed by atoms with Crippen LogP contribution in [0.15, 0.2) is 66.7 Å². The molecule has 0 N–H and O–H groups in total. The van der Waals surface area contributed by atoms with Gasteiger partial charge < -0.3 is 9.64 Å². The number of hydrogen-bond donors (Lipinski definition) is 0. The van der Waals surface area contributed by atoms with Crippen molar-refractivity contribution in [2.45, 2.75) is 13.8 Å². The number of fused-ring (bicyclic) bond motifs is 2. The molecule has 0 atom stereocenters. The maximum Gasteiger partial charge on any atom is 0.345 e. The highest BCUT2D eigenvalue weighted by molar-refractivity contribution is 6.03. The molecule has 0 amide bonds. The number of carbonyl (C=O) groups is 1. The predicted octanol–water partition coefficient (Wildman–Crippen LogP) is 5.31. The summed E-state index contributed by atoms with van der Waals surface area (Å²) >= 11 is 0. The smallest absolute Gasteiger partial charge is 0.345 e. The summed E-state index contributed by atoms with van der Waals surface area (Å²) in [4.78, 5) is 14.6. The second kappa shape index (κ2) is 5.53. The zero-order valence-electron chi connectivity index (χ0n) is 13.6. The molecule has 118 valence electrons. The normalized spacial score (nSPS) is 12.9. The number of aryl methyl sites for hydroxylation is 2. The van der Waals surface area contributed by atoms with E-state index in [1.54, 1.807) is 6.07 Å². The molecule has 1 aliphatic rings. The Labute approximate surface area is 141 Å². The Kier molecular flexibility index (Phi) is 3.35. The van der Waals surface area contributed by atoms with E-state index < -0.39 is 0 Å². The second-order valence-electron chi connectivity index (χ2n) is 6.00. The minimum atomic E-state index is -0.328. The molecule has 0 aromatic heterocycles. The Hall–Kier alpha value is -3.07. The van der Waals surface area contributed by atoms with Crippen molar-refractivity contribution < 1.29 is 9.53 Å². The molecule has 3 aromatic carbocycles. The average Bonchev–Trinajstić information content (AvgIpc) is 2.70. The zero-order valence-corrected chi connectivity index (χ0v) is 13.6. The predicted molar refractivity (Wildman–Crippen MR) is 95.6 cm³/mol. The van der Waals surface area contributed by atoms with Crippen molar-refractivity contribution in [1.29, 1.82) is 0 Å². The van der Waals surface area contributed by atoms with Gasteiger partial charge in [0.05, 0.1) is 16.9 Å². The van der Waals surface area contributed by atoms with Crippen LogP contribution in [-0.2, 0) is 0 Å². The third-order valence-electron chi connectivity index (χ3n) is 4.27. The molecule has 1 heterocycles. The maximum absolute atomic E-state index is 12.5. The Bertz CT molecular complexity index is 946. The lowest BCUT2D eigenvalue weighted by Crippen LogP contribution is -2.13. The van der Waals surface area contributed by atoms with E-state index >= 15 is 0 Å². The van der Waals surface area contributed by atoms with Crippen molar-refractivity contribution >= 4 is 23.0 Å². The number of hydrogen-bond acceptors (Lipinski definition) is 3. The van der Waals surface area contributed by atoms with Crippen LogP contribution in [0, 0.1) is 13.8 Å². The van der Waals surface area contributed by atoms with Gasteiger partial charge in [-0.2, -0.15) is 0 Å². The fourth-order valence-corrected chi connectivity index (χ4v) is 3.17. The van der Waals surface area contributed by atoms with Crippen LogP contribution < -0.4 is 9.64 Å². The van der Waals surface area contributed by atoms with Gasteiger partial charge in [0.15, 0.2) is 5.75 Å². The number of ether oxygens (including phenoxy) is 1. The van der Waals surface area contributed by atoms with E-state index in [1.165, 1.54) is 5.56 Å². The summed E-state index contributed by atoms with van der Waals surface area (Å²) in [6.07, 6.45) is 0. The molecule has 4 rings (SSSR count). The molecule has 3 aromatic rings. The zero-order chi connectivity index (χ0) is 16.7. The van der Waals surface area contributed by atoms with Crippen LogP contribution in [0.4, 0.5) is 17.1 Å². The first-order valence-electron chi connectivity index (χ1n) is 7.93. The van der Waals surface area contributed by atoms with E-state index in [4.69, 9.17) is 4.74 Å². The van der Waals surface area contributed by atoms with E-state index in [9.17, 15) is 4.79 Å².